The van der Waals surface area contributed by atoms with Crippen molar-refractivity contribution in [3.8, 4) is 0 Å². The minimum absolute atomic E-state index is 0.0480. The molecule has 26 heavy (non-hydrogen) atoms. The standard InChI is InChI=1S/C21H25O4.Sr.H/c1-16-13-23-19(12-22)21(25-15-18-10-6-3-7-11-18)20(16)24-14-17-8-4-2-5-9-17;;/h2-11,13,16,19-22H,12,14-15H2,1H3;;/t16?,19?,20-,21+;;/m0../s1. The molecule has 5 heteroatoms. The summed E-state index contributed by atoms with van der Waals surface area (Å²) in [5, 5.41) is 9.83. The number of aliphatic hydroxyl groups is 1. The normalized spacial score (nSPS) is 28.7. The number of hydrogen-bond acceptors (Lipinski definition) is 4. The Labute approximate surface area is 185 Å². The zero-order valence-electron chi connectivity index (χ0n) is 15.5. The molecule has 2 aromatic rings. The van der Waals surface area contributed by atoms with E-state index in [2.05, 4.69) is 19.1 Å². The van der Waals surface area contributed by atoms with Gasteiger partial charge in [-0.1, -0.05) is 0 Å². The SMILES string of the molecule is CC1[C@H]([SrH])OC(CO)[C@@H](OCc2ccccc2)[C@H]1OCc1ccccc1. The Morgan fingerprint density at radius 2 is 1.38 bits per heavy atom. The van der Waals surface area contributed by atoms with Crippen molar-refractivity contribution >= 4 is 43.3 Å². The Morgan fingerprint density at radius 1 is 0.885 bits per heavy atom. The number of rotatable bonds is 7. The first kappa shape index (κ1) is 20.5. The Kier molecular flexibility index (Phi) is 8.15. The van der Waals surface area contributed by atoms with Gasteiger partial charge in [0.25, 0.3) is 0 Å². The molecule has 0 saturated carbocycles. The van der Waals surface area contributed by atoms with E-state index in [1.165, 1.54) is 0 Å². The molecule has 4 nitrogen and oxygen atoms in total. The van der Waals surface area contributed by atoms with Crippen LogP contribution in [-0.2, 0) is 27.4 Å². The van der Waals surface area contributed by atoms with Gasteiger partial charge in [0.2, 0.25) is 0 Å². The van der Waals surface area contributed by atoms with E-state index >= 15 is 0 Å². The first-order valence-corrected chi connectivity index (χ1v) is 12.1. The summed E-state index contributed by atoms with van der Waals surface area (Å²) in [4.78, 5) is 0. The molecular formula is C21H26O4Sr. The first-order chi connectivity index (χ1) is 12.7. The van der Waals surface area contributed by atoms with Crippen molar-refractivity contribution in [2.24, 2.45) is 5.92 Å². The van der Waals surface area contributed by atoms with Crippen molar-refractivity contribution in [3.63, 3.8) is 0 Å². The van der Waals surface area contributed by atoms with Crippen molar-refractivity contribution in [2.75, 3.05) is 6.61 Å². The second kappa shape index (κ2) is 10.3. The van der Waals surface area contributed by atoms with Crippen molar-refractivity contribution in [1.29, 1.82) is 0 Å². The fourth-order valence-corrected chi connectivity index (χ4v) is 5.18. The molecule has 3 rings (SSSR count). The molecule has 5 atom stereocenters. The van der Waals surface area contributed by atoms with Crippen LogP contribution in [0, 0.1) is 5.92 Å². The van der Waals surface area contributed by atoms with E-state index in [1.54, 1.807) is 0 Å². The molecule has 0 amide bonds. The van der Waals surface area contributed by atoms with Crippen LogP contribution >= 0.6 is 0 Å². The quantitative estimate of drug-likeness (QED) is 0.686. The minimum atomic E-state index is -0.331. The Balaban J connectivity index is 1.71. The van der Waals surface area contributed by atoms with Crippen molar-refractivity contribution in [1.82, 2.24) is 0 Å². The van der Waals surface area contributed by atoms with Crippen molar-refractivity contribution in [2.45, 2.75) is 39.5 Å². The number of hydrogen-bond donors (Lipinski definition) is 1. The molecule has 2 aromatic carbocycles. The molecule has 0 bridgehead atoms. The average Bonchev–Trinajstić information content (AvgIpc) is 2.69. The summed E-state index contributed by atoms with van der Waals surface area (Å²) in [7, 11) is 0. The number of ether oxygens (including phenoxy) is 3. The summed E-state index contributed by atoms with van der Waals surface area (Å²) in [6.07, 6.45) is -0.694. The van der Waals surface area contributed by atoms with E-state index in [-0.39, 0.29) is 31.9 Å². The summed E-state index contributed by atoms with van der Waals surface area (Å²) < 4.78 is 18.8. The molecular weight excluding hydrogens is 404 g/mol. The van der Waals surface area contributed by atoms with Crippen LogP contribution in [0.5, 0.6) is 0 Å². The zero-order chi connectivity index (χ0) is 18.4. The molecule has 0 aliphatic carbocycles. The molecule has 2 unspecified atom stereocenters. The van der Waals surface area contributed by atoms with E-state index in [1.807, 2.05) is 48.5 Å². The maximum absolute atomic E-state index is 9.83. The van der Waals surface area contributed by atoms with Gasteiger partial charge >= 0.3 is 186 Å². The van der Waals surface area contributed by atoms with Gasteiger partial charge in [-0.3, -0.25) is 0 Å². The van der Waals surface area contributed by atoms with Gasteiger partial charge in [0.15, 0.2) is 0 Å². The molecule has 136 valence electrons. The Morgan fingerprint density at radius 3 is 1.88 bits per heavy atom. The van der Waals surface area contributed by atoms with Crippen LogP contribution in [0.15, 0.2) is 60.7 Å². The third-order valence-corrected chi connectivity index (χ3v) is 8.34. The second-order valence-corrected chi connectivity index (χ2v) is 9.74. The third kappa shape index (κ3) is 5.40. The fourth-order valence-electron chi connectivity index (χ4n) is 3.38. The van der Waals surface area contributed by atoms with Crippen LogP contribution in [0.2, 0.25) is 0 Å². The van der Waals surface area contributed by atoms with Gasteiger partial charge in [0.05, 0.1) is 0 Å². The van der Waals surface area contributed by atoms with Crippen LogP contribution < -0.4 is 0 Å². The topological polar surface area (TPSA) is 47.9 Å². The van der Waals surface area contributed by atoms with E-state index in [9.17, 15) is 5.11 Å². The predicted molar refractivity (Wildman–Crippen MR) is 102 cm³/mol. The molecule has 0 aromatic heterocycles. The van der Waals surface area contributed by atoms with Gasteiger partial charge < -0.3 is 0 Å². The van der Waals surface area contributed by atoms with Gasteiger partial charge in [-0.05, 0) is 0 Å². The third-order valence-electron chi connectivity index (χ3n) is 5.09. The second-order valence-electron chi connectivity index (χ2n) is 6.94. The van der Waals surface area contributed by atoms with Crippen molar-refractivity contribution < 1.29 is 19.3 Å². The van der Waals surface area contributed by atoms with Gasteiger partial charge in [0.1, 0.15) is 0 Å². The summed E-state index contributed by atoms with van der Waals surface area (Å²) in [5.41, 5.74) is 2.25. The fraction of sp³-hybridized carbons (Fsp3) is 0.429. The molecule has 1 N–H and O–H groups in total. The number of benzene rings is 2. The molecule has 1 aliphatic heterocycles. The molecule has 1 saturated heterocycles. The maximum atomic E-state index is 9.83. The molecule has 0 radical (unpaired) electrons. The van der Waals surface area contributed by atoms with E-state index in [4.69, 9.17) is 14.2 Å². The average molecular weight is 430 g/mol. The summed E-state index contributed by atoms with van der Waals surface area (Å²) in [6, 6.07) is 20.3. The molecule has 1 heterocycles. The van der Waals surface area contributed by atoms with Gasteiger partial charge in [0, 0.05) is 0 Å². The van der Waals surface area contributed by atoms with Gasteiger partial charge in [-0.25, -0.2) is 0 Å². The Bertz CT molecular complexity index is 608. The molecule has 1 aliphatic rings. The summed E-state index contributed by atoms with van der Waals surface area (Å²) in [5.74, 6) is 0.262. The number of aliphatic hydroxyl groups excluding tert-OH is 1. The van der Waals surface area contributed by atoms with Crippen LogP contribution in [0.4, 0.5) is 0 Å². The molecule has 1 fully saturated rings. The first-order valence-electron chi connectivity index (χ1n) is 9.26. The van der Waals surface area contributed by atoms with E-state index < -0.39 is 0 Å². The summed E-state index contributed by atoms with van der Waals surface area (Å²) in [6.45, 7) is 3.15. The monoisotopic (exact) mass is 430 g/mol. The van der Waals surface area contributed by atoms with Crippen LogP contribution in [0.1, 0.15) is 18.1 Å². The van der Waals surface area contributed by atoms with Crippen LogP contribution in [-0.4, -0.2) is 74.4 Å². The van der Waals surface area contributed by atoms with Crippen molar-refractivity contribution in [3.05, 3.63) is 71.8 Å². The van der Waals surface area contributed by atoms with E-state index in [0.717, 1.165) is 11.1 Å². The predicted octanol–water partition coefficient (Wildman–Crippen LogP) is 2.41. The summed E-state index contributed by atoms with van der Waals surface area (Å²) >= 11 is 0.315. The zero-order valence-corrected chi connectivity index (χ0v) is 20.4. The molecule has 0 spiro atoms. The van der Waals surface area contributed by atoms with Crippen LogP contribution in [0.25, 0.3) is 0 Å². The van der Waals surface area contributed by atoms with Gasteiger partial charge in [-0.15, -0.1) is 0 Å². The van der Waals surface area contributed by atoms with E-state index in [0.29, 0.717) is 56.5 Å². The van der Waals surface area contributed by atoms with Crippen LogP contribution in [0.3, 0.4) is 0 Å². The Hall–Kier alpha value is -0.239. The van der Waals surface area contributed by atoms with Gasteiger partial charge in [-0.2, -0.15) is 0 Å².